The number of methoxy groups -OCH3 is 2. The maximum Gasteiger partial charge on any atom is 0.235 e. The first kappa shape index (κ1) is 28.4. The molecule has 0 aliphatic heterocycles. The molecule has 0 saturated carbocycles. The second kappa shape index (κ2) is 14.5. The molecule has 0 saturated heterocycles. The summed E-state index contributed by atoms with van der Waals surface area (Å²) in [7, 11) is 2.95. The van der Waals surface area contributed by atoms with Gasteiger partial charge in [-0.25, -0.2) is 0 Å². The van der Waals surface area contributed by atoms with E-state index in [9.17, 15) is 15.0 Å². The van der Waals surface area contributed by atoms with Gasteiger partial charge in [-0.05, 0) is 55.2 Å². The van der Waals surface area contributed by atoms with Gasteiger partial charge in [0.15, 0.2) is 28.6 Å². The van der Waals surface area contributed by atoms with Gasteiger partial charge in [-0.1, -0.05) is 57.8 Å². The van der Waals surface area contributed by atoms with Crippen LogP contribution in [-0.4, -0.2) is 36.1 Å². The van der Waals surface area contributed by atoms with Crippen molar-refractivity contribution in [2.45, 2.75) is 77.0 Å². The Kier molecular flexibility index (Phi) is 11.1. The first-order chi connectivity index (χ1) is 18.0. The molecule has 7 nitrogen and oxygen atoms in total. The van der Waals surface area contributed by atoms with Gasteiger partial charge in [0, 0.05) is 12.2 Å². The molecule has 37 heavy (non-hydrogen) atoms. The fourth-order valence-corrected chi connectivity index (χ4v) is 4.66. The number of ether oxygens (including phenoxy) is 2. The lowest BCUT2D eigenvalue weighted by atomic mass is 10.0. The van der Waals surface area contributed by atoms with E-state index in [4.69, 9.17) is 19.0 Å². The predicted molar refractivity (Wildman–Crippen MR) is 146 cm³/mol. The highest BCUT2D eigenvalue weighted by molar-refractivity contribution is 5.87. The van der Waals surface area contributed by atoms with Gasteiger partial charge in [0.25, 0.3) is 0 Å². The molecule has 3 aromatic rings. The Morgan fingerprint density at radius 1 is 0.757 bits per heavy atom. The summed E-state index contributed by atoms with van der Waals surface area (Å²) in [5.41, 5.74) is 1.12. The quantitative estimate of drug-likeness (QED) is 0.183. The Labute approximate surface area is 218 Å². The SMILES string of the molecule is COc1cc(-c2oc3c(OC)cc(CCCCCCCCCCCCCO)cc3c(=O)c2O)ccc1O. The van der Waals surface area contributed by atoms with E-state index in [1.165, 1.54) is 71.3 Å². The van der Waals surface area contributed by atoms with Gasteiger partial charge in [-0.15, -0.1) is 0 Å². The standard InChI is InChI=1S/C30H40O7/c1-35-25-20-22(15-16-24(25)32)29-28(34)27(33)23-18-21(19-26(36-2)30(23)37-29)14-12-10-8-6-4-3-5-7-9-11-13-17-31/h15-16,18-20,31-32,34H,3-14,17H2,1-2H3. The number of fused-ring (bicyclic) bond motifs is 1. The third kappa shape index (κ3) is 7.65. The Bertz CT molecular complexity index is 1200. The molecular weight excluding hydrogens is 472 g/mol. The van der Waals surface area contributed by atoms with Crippen molar-refractivity contribution in [3.63, 3.8) is 0 Å². The number of aromatic hydroxyl groups is 2. The third-order valence-electron chi connectivity index (χ3n) is 6.78. The summed E-state index contributed by atoms with van der Waals surface area (Å²) >= 11 is 0. The van der Waals surface area contributed by atoms with Crippen molar-refractivity contribution >= 4 is 11.0 Å². The van der Waals surface area contributed by atoms with Crippen LogP contribution < -0.4 is 14.9 Å². The topological polar surface area (TPSA) is 109 Å². The number of aryl methyl sites for hydroxylation is 1. The second-order valence-electron chi connectivity index (χ2n) is 9.53. The molecule has 0 unspecified atom stereocenters. The molecule has 0 spiro atoms. The minimum atomic E-state index is -0.528. The van der Waals surface area contributed by atoms with Crippen LogP contribution in [0.15, 0.2) is 39.5 Å². The molecule has 0 atom stereocenters. The lowest BCUT2D eigenvalue weighted by molar-refractivity contribution is 0.282. The monoisotopic (exact) mass is 512 g/mol. The van der Waals surface area contributed by atoms with E-state index >= 15 is 0 Å². The number of aliphatic hydroxyl groups excluding tert-OH is 1. The summed E-state index contributed by atoms with van der Waals surface area (Å²) in [6, 6.07) is 8.13. The van der Waals surface area contributed by atoms with Gasteiger partial charge in [-0.2, -0.15) is 0 Å². The number of benzene rings is 2. The molecule has 1 aromatic heterocycles. The highest BCUT2D eigenvalue weighted by atomic mass is 16.5. The minimum absolute atomic E-state index is 0.00740. The number of rotatable bonds is 16. The lowest BCUT2D eigenvalue weighted by Crippen LogP contribution is -2.05. The summed E-state index contributed by atoms with van der Waals surface area (Å²) in [5, 5.41) is 29.6. The van der Waals surface area contributed by atoms with Gasteiger partial charge >= 0.3 is 0 Å². The number of unbranched alkanes of at least 4 members (excludes halogenated alkanes) is 10. The fourth-order valence-electron chi connectivity index (χ4n) is 4.66. The van der Waals surface area contributed by atoms with Crippen LogP contribution in [0.5, 0.6) is 23.0 Å². The van der Waals surface area contributed by atoms with Crippen LogP contribution in [0.2, 0.25) is 0 Å². The number of aliphatic hydroxyl groups is 1. The number of phenolic OH excluding ortho intramolecular Hbond substituents is 1. The third-order valence-corrected chi connectivity index (χ3v) is 6.78. The molecule has 3 rings (SSSR count). The molecule has 3 N–H and O–H groups in total. The highest BCUT2D eigenvalue weighted by Gasteiger charge is 2.20. The number of hydrogen-bond donors (Lipinski definition) is 3. The molecule has 202 valence electrons. The molecule has 0 amide bonds. The maximum atomic E-state index is 13.1. The summed E-state index contributed by atoms with van der Waals surface area (Å²) in [6.07, 6.45) is 13.7. The molecular formula is C30H40O7. The Balaban J connectivity index is 1.61. The van der Waals surface area contributed by atoms with Crippen LogP contribution in [0.3, 0.4) is 0 Å². The first-order valence-corrected chi connectivity index (χ1v) is 13.3. The van der Waals surface area contributed by atoms with Crippen molar-refractivity contribution in [3.8, 4) is 34.3 Å². The van der Waals surface area contributed by atoms with E-state index in [0.717, 1.165) is 37.7 Å². The maximum absolute atomic E-state index is 13.1. The Hall–Kier alpha value is -3.19. The van der Waals surface area contributed by atoms with Crippen LogP contribution in [0.25, 0.3) is 22.3 Å². The van der Waals surface area contributed by atoms with Crippen LogP contribution in [-0.2, 0) is 6.42 Å². The van der Waals surface area contributed by atoms with Crippen molar-refractivity contribution in [1.29, 1.82) is 0 Å². The van der Waals surface area contributed by atoms with E-state index in [2.05, 4.69) is 0 Å². The second-order valence-corrected chi connectivity index (χ2v) is 9.53. The van der Waals surface area contributed by atoms with E-state index < -0.39 is 11.2 Å². The van der Waals surface area contributed by atoms with Crippen molar-refractivity contribution in [2.24, 2.45) is 0 Å². The van der Waals surface area contributed by atoms with Crippen molar-refractivity contribution in [2.75, 3.05) is 20.8 Å². The van der Waals surface area contributed by atoms with Crippen LogP contribution >= 0.6 is 0 Å². The minimum Gasteiger partial charge on any atom is -0.504 e. The highest BCUT2D eigenvalue weighted by Crippen LogP contribution is 2.38. The van der Waals surface area contributed by atoms with E-state index in [1.54, 1.807) is 12.1 Å². The first-order valence-electron chi connectivity index (χ1n) is 13.3. The summed E-state index contributed by atoms with van der Waals surface area (Å²) < 4.78 is 16.6. The molecule has 0 radical (unpaired) electrons. The van der Waals surface area contributed by atoms with Gasteiger partial charge in [0.2, 0.25) is 11.2 Å². The van der Waals surface area contributed by atoms with Crippen molar-refractivity contribution in [1.82, 2.24) is 0 Å². The molecule has 0 bridgehead atoms. The molecule has 0 aliphatic rings. The number of phenols is 1. The zero-order chi connectivity index (χ0) is 26.6. The zero-order valence-electron chi connectivity index (χ0n) is 22.1. The van der Waals surface area contributed by atoms with Crippen LogP contribution in [0.4, 0.5) is 0 Å². The van der Waals surface area contributed by atoms with E-state index in [1.807, 2.05) is 6.07 Å². The van der Waals surface area contributed by atoms with Gasteiger partial charge < -0.3 is 29.2 Å². The summed E-state index contributed by atoms with van der Waals surface area (Å²) in [4.78, 5) is 13.1. The molecule has 2 aromatic carbocycles. The molecule has 0 aliphatic carbocycles. The van der Waals surface area contributed by atoms with Gasteiger partial charge in [0.1, 0.15) is 0 Å². The Morgan fingerprint density at radius 2 is 1.35 bits per heavy atom. The molecule has 7 heteroatoms. The molecule has 0 fully saturated rings. The van der Waals surface area contributed by atoms with Crippen molar-refractivity contribution < 1.29 is 29.2 Å². The van der Waals surface area contributed by atoms with Crippen molar-refractivity contribution in [3.05, 3.63) is 46.1 Å². The average molecular weight is 513 g/mol. The Morgan fingerprint density at radius 3 is 1.95 bits per heavy atom. The summed E-state index contributed by atoms with van der Waals surface area (Å²) in [5.74, 6) is 0.0908. The molecule has 1 heterocycles. The normalized spacial score (nSPS) is 11.2. The largest absolute Gasteiger partial charge is 0.504 e. The number of hydrogen-bond acceptors (Lipinski definition) is 7. The predicted octanol–water partition coefficient (Wildman–Crippen LogP) is 6.71. The van der Waals surface area contributed by atoms with Gasteiger partial charge in [0.05, 0.1) is 19.6 Å². The smallest absolute Gasteiger partial charge is 0.235 e. The average Bonchev–Trinajstić information content (AvgIpc) is 2.91. The van der Waals surface area contributed by atoms with Crippen LogP contribution in [0.1, 0.15) is 76.2 Å². The fraction of sp³-hybridized carbons (Fsp3) is 0.500. The summed E-state index contributed by atoms with van der Waals surface area (Å²) in [6.45, 7) is 0.305. The van der Waals surface area contributed by atoms with Crippen LogP contribution in [0, 0.1) is 0 Å². The zero-order valence-corrected chi connectivity index (χ0v) is 22.1. The lowest BCUT2D eigenvalue weighted by Gasteiger charge is -2.12. The van der Waals surface area contributed by atoms with E-state index in [0.29, 0.717) is 17.9 Å². The van der Waals surface area contributed by atoms with Gasteiger partial charge in [-0.3, -0.25) is 4.79 Å². The van der Waals surface area contributed by atoms with E-state index in [-0.39, 0.29) is 28.2 Å².